The number of aromatic nitrogens is 3. The Balaban J connectivity index is 1.57. The molecule has 1 unspecified atom stereocenters. The number of likely N-dealkylation sites (tertiary alicyclic amines) is 1. The molecule has 1 atom stereocenters. The lowest BCUT2D eigenvalue weighted by Gasteiger charge is -2.25. The van der Waals surface area contributed by atoms with Crippen LogP contribution in [0.15, 0.2) is 36.9 Å². The van der Waals surface area contributed by atoms with Gasteiger partial charge in [-0.05, 0) is 37.0 Å². The van der Waals surface area contributed by atoms with Gasteiger partial charge in [0.15, 0.2) is 0 Å². The molecule has 1 fully saturated rings. The normalized spacial score (nSPS) is 17.9. The lowest BCUT2D eigenvalue weighted by molar-refractivity contribution is -0.132. The average Bonchev–Trinajstić information content (AvgIpc) is 3.19. The van der Waals surface area contributed by atoms with Gasteiger partial charge in [0.05, 0.1) is 6.04 Å². The Labute approximate surface area is 128 Å². The van der Waals surface area contributed by atoms with Gasteiger partial charge in [0, 0.05) is 19.5 Å². The molecule has 3 rings (SSSR count). The van der Waals surface area contributed by atoms with Crippen molar-refractivity contribution in [1.29, 1.82) is 0 Å². The second kappa shape index (κ2) is 6.68. The summed E-state index contributed by atoms with van der Waals surface area (Å²) < 4.78 is 14.8. The highest BCUT2D eigenvalue weighted by molar-refractivity contribution is 5.77. The van der Waals surface area contributed by atoms with E-state index < -0.39 is 0 Å². The number of amides is 1. The molecule has 5 nitrogen and oxygen atoms in total. The summed E-state index contributed by atoms with van der Waals surface area (Å²) in [5.74, 6) is -0.0839. The van der Waals surface area contributed by atoms with Gasteiger partial charge in [-0.25, -0.2) is 9.37 Å². The van der Waals surface area contributed by atoms with Gasteiger partial charge in [0.2, 0.25) is 5.91 Å². The monoisotopic (exact) mass is 302 g/mol. The topological polar surface area (TPSA) is 51.0 Å². The maximum atomic E-state index is 13.0. The van der Waals surface area contributed by atoms with Crippen LogP contribution in [-0.4, -0.2) is 32.1 Å². The molecular weight excluding hydrogens is 283 g/mol. The quantitative estimate of drug-likeness (QED) is 0.853. The fourth-order valence-corrected chi connectivity index (χ4v) is 2.98. The maximum absolute atomic E-state index is 13.0. The second-order valence-corrected chi connectivity index (χ2v) is 5.56. The number of carbonyl (C=O) groups excluding carboxylic acids is 1. The van der Waals surface area contributed by atoms with Gasteiger partial charge in [0.25, 0.3) is 0 Å². The van der Waals surface area contributed by atoms with Crippen molar-refractivity contribution in [2.24, 2.45) is 0 Å². The Bertz CT molecular complexity index is 612. The third-order valence-electron chi connectivity index (χ3n) is 4.07. The molecule has 6 heteroatoms. The van der Waals surface area contributed by atoms with E-state index in [1.165, 1.54) is 18.5 Å². The van der Waals surface area contributed by atoms with Crippen LogP contribution in [0.25, 0.3) is 0 Å². The van der Waals surface area contributed by atoms with Gasteiger partial charge in [-0.1, -0.05) is 12.1 Å². The molecule has 1 aromatic heterocycles. The van der Waals surface area contributed by atoms with E-state index in [-0.39, 0.29) is 17.8 Å². The van der Waals surface area contributed by atoms with Gasteiger partial charge in [-0.2, -0.15) is 5.10 Å². The molecule has 1 amide bonds. The van der Waals surface area contributed by atoms with Gasteiger partial charge < -0.3 is 4.90 Å². The number of hydrogen-bond acceptors (Lipinski definition) is 3. The standard InChI is InChI=1S/C16H19FN4O/c17-14-7-5-13(6-8-14)15-3-1-10-21(15)16(22)4-2-9-20-12-18-11-19-20/h5-8,11-12,15H,1-4,9-10H2. The maximum Gasteiger partial charge on any atom is 0.223 e. The lowest BCUT2D eigenvalue weighted by atomic mass is 10.0. The minimum Gasteiger partial charge on any atom is -0.336 e. The Morgan fingerprint density at radius 3 is 2.86 bits per heavy atom. The van der Waals surface area contributed by atoms with E-state index in [4.69, 9.17) is 0 Å². The first-order valence-corrected chi connectivity index (χ1v) is 7.61. The molecule has 1 aromatic carbocycles. The minimum absolute atomic E-state index is 0.0828. The predicted octanol–water partition coefficient (Wildman–Crippen LogP) is 2.56. The van der Waals surface area contributed by atoms with E-state index >= 15 is 0 Å². The van der Waals surface area contributed by atoms with Crippen LogP contribution in [0, 0.1) is 5.82 Å². The first-order valence-electron chi connectivity index (χ1n) is 7.61. The van der Waals surface area contributed by atoms with Crippen molar-refractivity contribution < 1.29 is 9.18 Å². The van der Waals surface area contributed by atoms with Crippen LogP contribution in [0.3, 0.4) is 0 Å². The summed E-state index contributed by atoms with van der Waals surface area (Å²) in [5.41, 5.74) is 1.02. The summed E-state index contributed by atoms with van der Waals surface area (Å²) in [6.07, 6.45) is 6.33. The summed E-state index contributed by atoms with van der Waals surface area (Å²) in [5, 5.41) is 4.03. The summed E-state index contributed by atoms with van der Waals surface area (Å²) in [4.78, 5) is 18.2. The van der Waals surface area contributed by atoms with E-state index in [0.29, 0.717) is 13.0 Å². The van der Waals surface area contributed by atoms with E-state index in [0.717, 1.165) is 31.4 Å². The highest BCUT2D eigenvalue weighted by Crippen LogP contribution is 2.32. The molecule has 0 radical (unpaired) electrons. The van der Waals surface area contributed by atoms with Crippen molar-refractivity contribution in [1.82, 2.24) is 19.7 Å². The zero-order valence-electron chi connectivity index (χ0n) is 12.4. The number of nitrogens with zero attached hydrogens (tertiary/aromatic N) is 4. The van der Waals surface area contributed by atoms with Crippen LogP contribution in [-0.2, 0) is 11.3 Å². The molecule has 0 aliphatic carbocycles. The molecular formula is C16H19FN4O. The Morgan fingerprint density at radius 2 is 2.14 bits per heavy atom. The third-order valence-corrected chi connectivity index (χ3v) is 4.07. The van der Waals surface area contributed by atoms with Crippen molar-refractivity contribution in [3.63, 3.8) is 0 Å². The van der Waals surface area contributed by atoms with E-state index in [1.54, 1.807) is 23.1 Å². The van der Waals surface area contributed by atoms with Crippen molar-refractivity contribution >= 4 is 5.91 Å². The molecule has 1 saturated heterocycles. The molecule has 1 aliphatic heterocycles. The van der Waals surface area contributed by atoms with Crippen LogP contribution >= 0.6 is 0 Å². The molecule has 0 saturated carbocycles. The Hall–Kier alpha value is -2.24. The SMILES string of the molecule is O=C(CCCn1cncn1)N1CCCC1c1ccc(F)cc1. The molecule has 0 spiro atoms. The van der Waals surface area contributed by atoms with Gasteiger partial charge in [-0.15, -0.1) is 0 Å². The highest BCUT2D eigenvalue weighted by Gasteiger charge is 2.29. The second-order valence-electron chi connectivity index (χ2n) is 5.56. The third kappa shape index (κ3) is 3.32. The van der Waals surface area contributed by atoms with Crippen molar-refractivity contribution in [2.45, 2.75) is 38.3 Å². The molecule has 2 heterocycles. The number of rotatable bonds is 5. The van der Waals surface area contributed by atoms with Crippen molar-refractivity contribution in [3.05, 3.63) is 48.3 Å². The van der Waals surface area contributed by atoms with E-state index in [9.17, 15) is 9.18 Å². The first kappa shape index (κ1) is 14.7. The Kier molecular flexibility index (Phi) is 4.46. The predicted molar refractivity (Wildman–Crippen MR) is 79.3 cm³/mol. The summed E-state index contributed by atoms with van der Waals surface area (Å²) in [7, 11) is 0. The molecule has 0 bridgehead atoms. The minimum atomic E-state index is -0.243. The smallest absolute Gasteiger partial charge is 0.223 e. The fourth-order valence-electron chi connectivity index (χ4n) is 2.98. The molecule has 22 heavy (non-hydrogen) atoms. The van der Waals surface area contributed by atoms with Crippen LogP contribution in [0.5, 0.6) is 0 Å². The summed E-state index contributed by atoms with van der Waals surface area (Å²) in [6.45, 7) is 1.48. The molecule has 2 aromatic rings. The van der Waals surface area contributed by atoms with Crippen LogP contribution in [0.1, 0.15) is 37.3 Å². The number of hydrogen-bond donors (Lipinski definition) is 0. The molecule has 116 valence electrons. The highest BCUT2D eigenvalue weighted by atomic mass is 19.1. The number of carbonyl (C=O) groups is 1. The van der Waals surface area contributed by atoms with Gasteiger partial charge in [0.1, 0.15) is 18.5 Å². The lowest BCUT2D eigenvalue weighted by Crippen LogP contribution is -2.30. The largest absolute Gasteiger partial charge is 0.336 e. The Morgan fingerprint density at radius 1 is 1.32 bits per heavy atom. The van der Waals surface area contributed by atoms with Crippen LogP contribution in [0.4, 0.5) is 4.39 Å². The fraction of sp³-hybridized carbons (Fsp3) is 0.438. The number of halogens is 1. The number of benzene rings is 1. The van der Waals surface area contributed by atoms with Gasteiger partial charge >= 0.3 is 0 Å². The first-order chi connectivity index (χ1) is 10.7. The van der Waals surface area contributed by atoms with Crippen molar-refractivity contribution in [2.75, 3.05) is 6.54 Å². The van der Waals surface area contributed by atoms with E-state index in [1.807, 2.05) is 4.90 Å². The van der Waals surface area contributed by atoms with Gasteiger partial charge in [-0.3, -0.25) is 9.48 Å². The summed E-state index contributed by atoms with van der Waals surface area (Å²) in [6, 6.07) is 6.56. The van der Waals surface area contributed by atoms with Crippen molar-refractivity contribution in [3.8, 4) is 0 Å². The molecule has 1 aliphatic rings. The average molecular weight is 302 g/mol. The van der Waals surface area contributed by atoms with Crippen LogP contribution in [0.2, 0.25) is 0 Å². The zero-order chi connectivity index (χ0) is 15.4. The van der Waals surface area contributed by atoms with Crippen LogP contribution < -0.4 is 0 Å². The zero-order valence-corrected chi connectivity index (χ0v) is 12.4. The summed E-state index contributed by atoms with van der Waals surface area (Å²) >= 11 is 0. The number of aryl methyl sites for hydroxylation is 1. The molecule has 0 N–H and O–H groups in total. The van der Waals surface area contributed by atoms with E-state index in [2.05, 4.69) is 10.1 Å².